The van der Waals surface area contributed by atoms with Gasteiger partial charge in [-0.15, -0.1) is 11.3 Å². The van der Waals surface area contributed by atoms with Crippen LogP contribution in [0.5, 0.6) is 5.88 Å². The molecule has 0 N–H and O–H groups in total. The fraction of sp³-hybridized carbons (Fsp3) is 0.250. The van der Waals surface area contributed by atoms with Crippen LogP contribution in [0.3, 0.4) is 0 Å². The lowest BCUT2D eigenvalue weighted by Crippen LogP contribution is -2.45. The number of nitrogens with zero attached hydrogens (tertiary/aromatic N) is 4. The molecule has 0 unspecified atom stereocenters. The van der Waals surface area contributed by atoms with E-state index in [9.17, 15) is 18.0 Å². The van der Waals surface area contributed by atoms with Gasteiger partial charge in [0, 0.05) is 6.07 Å². The average Bonchev–Trinajstić information content (AvgIpc) is 3.13. The van der Waals surface area contributed by atoms with Crippen LogP contribution in [0.25, 0.3) is 0 Å². The number of hydrogen-bond donors (Lipinski definition) is 0. The number of amides is 1. The van der Waals surface area contributed by atoms with Crippen LogP contribution in [0.2, 0.25) is 0 Å². The molecule has 0 spiro atoms. The SMILES string of the molecule is COc1ccc(N2CN(c3scnc3C)c3ccc(C(F)(F)F)cc3C2=O)c(C)n1. The van der Waals surface area contributed by atoms with Gasteiger partial charge in [-0.3, -0.25) is 9.69 Å². The number of aromatic nitrogens is 2. The standard InChI is InChI=1S/C20H17F3N4O2S/c1-11-15(6-7-17(25-11)29-3)26-10-27(19-12(2)24-9-30-19)16-5-4-13(20(21,22)23)8-14(16)18(26)28/h4-9H,10H2,1-3H3. The van der Waals surface area contributed by atoms with Gasteiger partial charge in [0.25, 0.3) is 5.91 Å². The van der Waals surface area contributed by atoms with Gasteiger partial charge in [0.1, 0.15) is 11.7 Å². The first kappa shape index (κ1) is 20.1. The Bertz CT molecular complexity index is 1130. The lowest BCUT2D eigenvalue weighted by molar-refractivity contribution is -0.137. The van der Waals surface area contributed by atoms with Crippen molar-refractivity contribution in [3.8, 4) is 5.88 Å². The molecule has 0 saturated heterocycles. The first-order valence-corrected chi connectivity index (χ1v) is 9.81. The number of carbonyl (C=O) groups excluding carboxylic acids is 1. The molecule has 1 amide bonds. The van der Waals surface area contributed by atoms with Crippen LogP contribution in [0.1, 0.15) is 27.3 Å². The van der Waals surface area contributed by atoms with Gasteiger partial charge in [-0.2, -0.15) is 13.2 Å². The third-order valence-corrected chi connectivity index (χ3v) is 5.82. The van der Waals surface area contributed by atoms with Gasteiger partial charge in [0.15, 0.2) is 0 Å². The summed E-state index contributed by atoms with van der Waals surface area (Å²) in [5.41, 5.74) is 2.92. The predicted octanol–water partition coefficient (Wildman–Crippen LogP) is 4.94. The molecule has 4 rings (SSSR count). The van der Waals surface area contributed by atoms with Gasteiger partial charge >= 0.3 is 6.18 Å². The van der Waals surface area contributed by atoms with Crippen LogP contribution < -0.4 is 14.5 Å². The van der Waals surface area contributed by atoms with E-state index in [4.69, 9.17) is 4.74 Å². The number of thiazole rings is 1. The summed E-state index contributed by atoms with van der Waals surface area (Å²) in [6.45, 7) is 3.65. The zero-order valence-electron chi connectivity index (χ0n) is 16.3. The Kier molecular flexibility index (Phi) is 4.89. The number of hydrogen-bond acceptors (Lipinski definition) is 6. The van der Waals surface area contributed by atoms with Gasteiger partial charge in [-0.25, -0.2) is 9.97 Å². The Morgan fingerprint density at radius 3 is 2.40 bits per heavy atom. The summed E-state index contributed by atoms with van der Waals surface area (Å²) in [6, 6.07) is 6.52. The molecular weight excluding hydrogens is 417 g/mol. The summed E-state index contributed by atoms with van der Waals surface area (Å²) in [5.74, 6) is -0.139. The number of ether oxygens (including phenoxy) is 1. The minimum absolute atomic E-state index is 0.0286. The maximum Gasteiger partial charge on any atom is 0.416 e. The number of carbonyl (C=O) groups is 1. The Labute approximate surface area is 174 Å². The summed E-state index contributed by atoms with van der Waals surface area (Å²) >= 11 is 1.36. The van der Waals surface area contributed by atoms with E-state index in [-0.39, 0.29) is 12.2 Å². The molecule has 1 aliphatic heterocycles. The first-order chi connectivity index (χ1) is 14.2. The molecule has 1 aromatic carbocycles. The normalized spacial score (nSPS) is 14.1. The molecule has 0 fully saturated rings. The molecule has 0 radical (unpaired) electrons. The number of rotatable bonds is 3. The van der Waals surface area contributed by atoms with E-state index in [1.165, 1.54) is 29.4 Å². The molecule has 10 heteroatoms. The number of alkyl halides is 3. The van der Waals surface area contributed by atoms with Gasteiger partial charge in [-0.05, 0) is 38.1 Å². The van der Waals surface area contributed by atoms with E-state index >= 15 is 0 Å². The van der Waals surface area contributed by atoms with E-state index in [0.29, 0.717) is 22.9 Å². The second-order valence-electron chi connectivity index (χ2n) is 6.73. The molecule has 0 bridgehead atoms. The largest absolute Gasteiger partial charge is 0.481 e. The number of methoxy groups -OCH3 is 1. The number of halogens is 3. The molecule has 156 valence electrons. The molecule has 3 heterocycles. The molecule has 0 aliphatic carbocycles. The van der Waals surface area contributed by atoms with E-state index in [1.54, 1.807) is 29.5 Å². The second-order valence-corrected chi connectivity index (χ2v) is 7.57. The van der Waals surface area contributed by atoms with Crippen LogP contribution >= 0.6 is 11.3 Å². The molecule has 30 heavy (non-hydrogen) atoms. The zero-order chi connectivity index (χ0) is 21.6. The smallest absolute Gasteiger partial charge is 0.416 e. The number of pyridine rings is 1. The molecule has 1 aliphatic rings. The van der Waals surface area contributed by atoms with Crippen LogP contribution in [-0.2, 0) is 6.18 Å². The number of benzene rings is 1. The Hall–Kier alpha value is -3.14. The fourth-order valence-corrected chi connectivity index (χ4v) is 4.21. The van der Waals surface area contributed by atoms with Gasteiger partial charge in [0.2, 0.25) is 5.88 Å². The van der Waals surface area contributed by atoms with E-state index in [2.05, 4.69) is 9.97 Å². The highest BCUT2D eigenvalue weighted by molar-refractivity contribution is 7.14. The van der Waals surface area contributed by atoms with E-state index < -0.39 is 17.6 Å². The Balaban J connectivity index is 1.88. The van der Waals surface area contributed by atoms with Gasteiger partial charge in [-0.1, -0.05) is 0 Å². The average molecular weight is 434 g/mol. The third kappa shape index (κ3) is 3.36. The number of anilines is 3. The van der Waals surface area contributed by atoms with Gasteiger partial charge < -0.3 is 9.64 Å². The molecule has 0 saturated carbocycles. The molecular formula is C20H17F3N4O2S. The first-order valence-electron chi connectivity index (χ1n) is 8.93. The maximum atomic E-state index is 13.3. The summed E-state index contributed by atoms with van der Waals surface area (Å²) in [7, 11) is 1.48. The van der Waals surface area contributed by atoms with Crippen molar-refractivity contribution in [2.45, 2.75) is 20.0 Å². The van der Waals surface area contributed by atoms with Gasteiger partial charge in [0.05, 0.1) is 46.5 Å². The summed E-state index contributed by atoms with van der Waals surface area (Å²) < 4.78 is 45.1. The van der Waals surface area contributed by atoms with Crippen molar-refractivity contribution in [3.05, 3.63) is 58.4 Å². The monoisotopic (exact) mass is 434 g/mol. The minimum atomic E-state index is -4.56. The highest BCUT2D eigenvalue weighted by atomic mass is 32.1. The molecule has 3 aromatic rings. The highest BCUT2D eigenvalue weighted by Gasteiger charge is 2.37. The van der Waals surface area contributed by atoms with Crippen molar-refractivity contribution in [2.24, 2.45) is 0 Å². The Morgan fingerprint density at radius 2 is 1.80 bits per heavy atom. The van der Waals surface area contributed by atoms with Crippen molar-refractivity contribution in [1.29, 1.82) is 0 Å². The lowest BCUT2D eigenvalue weighted by atomic mass is 10.0. The van der Waals surface area contributed by atoms with Crippen molar-refractivity contribution < 1.29 is 22.7 Å². The predicted molar refractivity (Wildman–Crippen MR) is 108 cm³/mol. The van der Waals surface area contributed by atoms with Crippen molar-refractivity contribution in [1.82, 2.24) is 9.97 Å². The quantitative estimate of drug-likeness (QED) is 0.585. The molecule has 2 aromatic heterocycles. The van der Waals surface area contributed by atoms with E-state index in [1.807, 2.05) is 6.92 Å². The third-order valence-electron chi connectivity index (χ3n) is 4.87. The van der Waals surface area contributed by atoms with Crippen LogP contribution in [-0.4, -0.2) is 29.7 Å². The van der Waals surface area contributed by atoms with Crippen molar-refractivity contribution >= 4 is 33.6 Å². The zero-order valence-corrected chi connectivity index (χ0v) is 17.1. The topological polar surface area (TPSA) is 58.6 Å². The number of fused-ring (bicyclic) bond motifs is 1. The molecule has 0 atom stereocenters. The van der Waals surface area contributed by atoms with Crippen molar-refractivity contribution in [3.63, 3.8) is 0 Å². The van der Waals surface area contributed by atoms with E-state index in [0.717, 1.165) is 22.8 Å². The fourth-order valence-electron chi connectivity index (χ4n) is 3.39. The maximum absolute atomic E-state index is 13.3. The van der Waals surface area contributed by atoms with Crippen LogP contribution in [0, 0.1) is 13.8 Å². The summed E-state index contributed by atoms with van der Waals surface area (Å²) in [6.07, 6.45) is -4.56. The molecule has 6 nitrogen and oxygen atoms in total. The van der Waals surface area contributed by atoms with Crippen LogP contribution in [0.4, 0.5) is 29.5 Å². The summed E-state index contributed by atoms with van der Waals surface area (Å²) in [4.78, 5) is 25.0. The Morgan fingerprint density at radius 1 is 1.07 bits per heavy atom. The minimum Gasteiger partial charge on any atom is -0.481 e. The van der Waals surface area contributed by atoms with Crippen LogP contribution in [0.15, 0.2) is 35.8 Å². The lowest BCUT2D eigenvalue weighted by Gasteiger charge is -2.38. The number of aryl methyl sites for hydroxylation is 2. The highest BCUT2D eigenvalue weighted by Crippen LogP contribution is 2.41. The van der Waals surface area contributed by atoms with Crippen molar-refractivity contribution in [2.75, 3.05) is 23.6 Å². The summed E-state index contributed by atoms with van der Waals surface area (Å²) in [5, 5.41) is 0.757. The second kappa shape index (κ2) is 7.28.